The fourth-order valence-corrected chi connectivity index (χ4v) is 2.23. The van der Waals surface area contributed by atoms with E-state index in [-0.39, 0.29) is 0 Å². The molecule has 0 radical (unpaired) electrons. The third-order valence-corrected chi connectivity index (χ3v) is 3.38. The van der Waals surface area contributed by atoms with Crippen LogP contribution in [0.15, 0.2) is 30.6 Å². The normalized spacial score (nSPS) is 14.6. The Kier molecular flexibility index (Phi) is 3.61. The lowest BCUT2D eigenvalue weighted by molar-refractivity contribution is 0.174. The molecule has 3 rings (SSSR count). The van der Waals surface area contributed by atoms with Gasteiger partial charge in [-0.15, -0.1) is 10.2 Å². The van der Waals surface area contributed by atoms with Gasteiger partial charge in [-0.3, -0.25) is 4.90 Å². The van der Waals surface area contributed by atoms with Gasteiger partial charge in [-0.05, 0) is 24.3 Å². The van der Waals surface area contributed by atoms with Crippen LogP contribution in [0.1, 0.15) is 11.4 Å². The first-order valence-electron chi connectivity index (χ1n) is 6.57. The second-order valence-corrected chi connectivity index (χ2v) is 4.70. The molecule has 0 fully saturated rings. The van der Waals surface area contributed by atoms with E-state index in [1.54, 1.807) is 18.5 Å². The van der Waals surface area contributed by atoms with E-state index in [9.17, 15) is 0 Å². The first kappa shape index (κ1) is 12.6. The lowest BCUT2D eigenvalue weighted by Crippen LogP contribution is -2.36. The molecule has 0 atom stereocenters. The molecule has 1 aromatic carbocycles. The lowest BCUT2D eigenvalue weighted by atomic mass is 10.2. The Balaban J connectivity index is 1.47. The zero-order valence-corrected chi connectivity index (χ0v) is 11.1. The van der Waals surface area contributed by atoms with Gasteiger partial charge in [0.2, 0.25) is 0 Å². The third kappa shape index (κ3) is 2.78. The van der Waals surface area contributed by atoms with Crippen LogP contribution in [0.3, 0.4) is 0 Å². The smallest absolute Gasteiger partial charge is 0.147 e. The van der Waals surface area contributed by atoms with Crippen LogP contribution >= 0.6 is 0 Å². The zero-order valence-electron chi connectivity index (χ0n) is 11.1. The number of ether oxygens (including phenoxy) is 1. The van der Waals surface area contributed by atoms with Gasteiger partial charge in [0, 0.05) is 19.6 Å². The van der Waals surface area contributed by atoms with Gasteiger partial charge < -0.3 is 9.30 Å². The van der Waals surface area contributed by atoms with Crippen LogP contribution in [0.25, 0.3) is 0 Å². The number of fused-ring (bicyclic) bond motifs is 1. The second-order valence-electron chi connectivity index (χ2n) is 4.70. The average Bonchev–Trinajstić information content (AvgIpc) is 2.95. The van der Waals surface area contributed by atoms with Crippen LogP contribution in [-0.4, -0.2) is 39.4 Å². The summed E-state index contributed by atoms with van der Waals surface area (Å²) in [5, 5.41) is 16.7. The van der Waals surface area contributed by atoms with E-state index in [4.69, 9.17) is 10.00 Å². The van der Waals surface area contributed by atoms with Gasteiger partial charge in [-0.2, -0.15) is 5.26 Å². The van der Waals surface area contributed by atoms with Gasteiger partial charge in [0.05, 0.1) is 18.2 Å². The van der Waals surface area contributed by atoms with Crippen molar-refractivity contribution < 1.29 is 4.74 Å². The summed E-state index contributed by atoms with van der Waals surface area (Å²) in [6, 6.07) is 9.26. The van der Waals surface area contributed by atoms with Gasteiger partial charge in [0.25, 0.3) is 0 Å². The topological polar surface area (TPSA) is 67.0 Å². The Bertz CT molecular complexity index is 613. The van der Waals surface area contributed by atoms with Crippen molar-refractivity contribution in [2.75, 3.05) is 19.7 Å². The Morgan fingerprint density at radius 1 is 1.25 bits per heavy atom. The molecule has 20 heavy (non-hydrogen) atoms. The summed E-state index contributed by atoms with van der Waals surface area (Å²) >= 11 is 0. The molecule has 0 spiro atoms. The van der Waals surface area contributed by atoms with Crippen molar-refractivity contribution in [3.05, 3.63) is 42.0 Å². The number of hydrogen-bond donors (Lipinski definition) is 0. The van der Waals surface area contributed by atoms with Crippen LogP contribution in [0.5, 0.6) is 5.75 Å². The first-order chi connectivity index (χ1) is 9.85. The summed E-state index contributed by atoms with van der Waals surface area (Å²) in [5.74, 6) is 1.80. The average molecular weight is 269 g/mol. The van der Waals surface area contributed by atoms with E-state index in [2.05, 4.69) is 25.7 Å². The summed E-state index contributed by atoms with van der Waals surface area (Å²) in [6.45, 7) is 4.21. The fourth-order valence-electron chi connectivity index (χ4n) is 2.23. The van der Waals surface area contributed by atoms with Crippen molar-refractivity contribution >= 4 is 0 Å². The number of hydrogen-bond acceptors (Lipinski definition) is 5. The van der Waals surface area contributed by atoms with Crippen LogP contribution in [0.4, 0.5) is 0 Å². The number of nitriles is 1. The minimum atomic E-state index is 0.625. The van der Waals surface area contributed by atoms with Crippen molar-refractivity contribution in [1.82, 2.24) is 19.7 Å². The minimum absolute atomic E-state index is 0.625. The molecule has 2 heterocycles. The summed E-state index contributed by atoms with van der Waals surface area (Å²) in [6.07, 6.45) is 1.78. The van der Waals surface area contributed by atoms with E-state index in [1.165, 1.54) is 0 Å². The highest BCUT2D eigenvalue weighted by Crippen LogP contribution is 2.12. The molecule has 1 aliphatic rings. The molecule has 6 nitrogen and oxygen atoms in total. The first-order valence-corrected chi connectivity index (χ1v) is 6.57. The van der Waals surface area contributed by atoms with Crippen LogP contribution < -0.4 is 4.74 Å². The van der Waals surface area contributed by atoms with Crippen LogP contribution in [0.2, 0.25) is 0 Å². The van der Waals surface area contributed by atoms with Gasteiger partial charge in [0.1, 0.15) is 24.5 Å². The van der Waals surface area contributed by atoms with Gasteiger partial charge >= 0.3 is 0 Å². The van der Waals surface area contributed by atoms with Crippen molar-refractivity contribution in [1.29, 1.82) is 5.26 Å². The van der Waals surface area contributed by atoms with Gasteiger partial charge in [-0.25, -0.2) is 0 Å². The second kappa shape index (κ2) is 5.72. The van der Waals surface area contributed by atoms with E-state index < -0.39 is 0 Å². The number of nitrogens with zero attached hydrogens (tertiary/aromatic N) is 5. The predicted molar refractivity (Wildman–Crippen MR) is 72.0 cm³/mol. The molecule has 0 aliphatic carbocycles. The largest absolute Gasteiger partial charge is 0.492 e. The molecule has 0 amide bonds. The highest BCUT2D eigenvalue weighted by atomic mass is 16.5. The van der Waals surface area contributed by atoms with E-state index in [0.29, 0.717) is 12.2 Å². The van der Waals surface area contributed by atoms with Gasteiger partial charge in [0.15, 0.2) is 0 Å². The maximum Gasteiger partial charge on any atom is 0.147 e. The van der Waals surface area contributed by atoms with Crippen molar-refractivity contribution in [3.8, 4) is 11.8 Å². The van der Waals surface area contributed by atoms with Crippen LogP contribution in [-0.2, 0) is 13.1 Å². The third-order valence-electron chi connectivity index (χ3n) is 3.38. The molecule has 0 saturated carbocycles. The minimum Gasteiger partial charge on any atom is -0.492 e. The Hall–Kier alpha value is -2.39. The number of rotatable bonds is 4. The standard InChI is InChI=1S/C14H15N5O/c15-9-12-1-3-13(4-2-12)20-8-7-18-5-6-19-11-16-17-14(19)10-18/h1-4,11H,5-8,10H2. The Labute approximate surface area is 117 Å². The molecule has 2 aromatic rings. The molecule has 0 saturated heterocycles. The Morgan fingerprint density at radius 3 is 2.90 bits per heavy atom. The van der Waals surface area contributed by atoms with E-state index >= 15 is 0 Å². The summed E-state index contributed by atoms with van der Waals surface area (Å²) in [7, 11) is 0. The molecular weight excluding hydrogens is 254 g/mol. The summed E-state index contributed by atoms with van der Waals surface area (Å²) in [4.78, 5) is 2.30. The molecule has 1 aliphatic heterocycles. The summed E-state index contributed by atoms with van der Waals surface area (Å²) in [5.41, 5.74) is 0.646. The van der Waals surface area contributed by atoms with Crippen molar-refractivity contribution in [2.24, 2.45) is 0 Å². The maximum atomic E-state index is 8.73. The highest BCUT2D eigenvalue weighted by Gasteiger charge is 2.16. The highest BCUT2D eigenvalue weighted by molar-refractivity contribution is 5.34. The maximum absolute atomic E-state index is 8.73. The van der Waals surface area contributed by atoms with E-state index in [0.717, 1.165) is 37.8 Å². The molecule has 1 aromatic heterocycles. The van der Waals surface area contributed by atoms with Gasteiger partial charge in [-0.1, -0.05) is 0 Å². The van der Waals surface area contributed by atoms with E-state index in [1.807, 2.05) is 12.1 Å². The molecule has 102 valence electrons. The fraction of sp³-hybridized carbons (Fsp3) is 0.357. The summed E-state index contributed by atoms with van der Waals surface area (Å²) < 4.78 is 7.77. The molecule has 6 heteroatoms. The zero-order chi connectivity index (χ0) is 13.8. The predicted octanol–water partition coefficient (Wildman–Crippen LogP) is 1.04. The molecule has 0 bridgehead atoms. The number of aromatic nitrogens is 3. The molecule has 0 unspecified atom stereocenters. The molecule has 0 N–H and O–H groups in total. The SMILES string of the molecule is N#Cc1ccc(OCCN2CCn3cnnc3C2)cc1. The number of benzene rings is 1. The van der Waals surface area contributed by atoms with Crippen molar-refractivity contribution in [3.63, 3.8) is 0 Å². The molecular formula is C14H15N5O. The monoisotopic (exact) mass is 269 g/mol. The van der Waals surface area contributed by atoms with Crippen LogP contribution in [0, 0.1) is 11.3 Å². The Morgan fingerprint density at radius 2 is 2.10 bits per heavy atom. The van der Waals surface area contributed by atoms with Crippen molar-refractivity contribution in [2.45, 2.75) is 13.1 Å². The lowest BCUT2D eigenvalue weighted by Gasteiger charge is -2.26. The quantitative estimate of drug-likeness (QED) is 0.829.